The van der Waals surface area contributed by atoms with E-state index in [-0.39, 0.29) is 33.4 Å². The third kappa shape index (κ3) is 4.19. The van der Waals surface area contributed by atoms with Gasteiger partial charge in [-0.25, -0.2) is 19.0 Å². The lowest BCUT2D eigenvalue weighted by molar-refractivity contribution is -0.137. The van der Waals surface area contributed by atoms with E-state index in [1.807, 2.05) is 0 Å². The second-order valence-corrected chi connectivity index (χ2v) is 7.43. The van der Waals surface area contributed by atoms with Crippen LogP contribution in [0.15, 0.2) is 62.9 Å². The van der Waals surface area contributed by atoms with Crippen molar-refractivity contribution < 1.29 is 36.2 Å². The number of rotatable bonds is 4. The third-order valence-electron chi connectivity index (χ3n) is 5.09. The van der Waals surface area contributed by atoms with Crippen molar-refractivity contribution in [2.75, 3.05) is 0 Å². The van der Waals surface area contributed by atoms with Crippen molar-refractivity contribution in [1.29, 1.82) is 0 Å². The number of imidazole rings is 1. The Morgan fingerprint density at radius 3 is 2.67 bits per heavy atom. The Balaban J connectivity index is 1.48. The number of pyridine rings is 1. The van der Waals surface area contributed by atoms with Crippen molar-refractivity contribution in [1.82, 2.24) is 19.5 Å². The lowest BCUT2D eigenvalue weighted by Gasteiger charge is -2.14. The zero-order valence-electron chi connectivity index (χ0n) is 17.7. The number of carbonyl (C=O) groups excluding carboxylic acids is 1. The highest BCUT2D eigenvalue weighted by molar-refractivity contribution is 6.01. The lowest BCUT2D eigenvalue weighted by atomic mass is 10.1. The van der Waals surface area contributed by atoms with Crippen LogP contribution in [0, 0.1) is 5.82 Å². The molecule has 3 heterocycles. The van der Waals surface area contributed by atoms with E-state index in [0.29, 0.717) is 6.07 Å². The van der Waals surface area contributed by atoms with Crippen molar-refractivity contribution in [3.63, 3.8) is 0 Å². The standard InChI is InChI=1S/C22H12F4N4O6/c23-13-3-1-2-4-16(13)35-21(33)34-8-10-7-30(9-27-10)15-5-11-14(6-12(15)22(24,25)26)28-19(31)17-18(11)36-20(32)29-17/h1-7,9H,8H2,(H,28,31)(H,29,32). The quantitative estimate of drug-likeness (QED) is 0.215. The SMILES string of the molecule is O=C(OCc1cn(-c2cc3c(cc2C(F)(F)F)[nH]c(=O)c2[nH]c(=O)oc23)cn1)Oc1ccccc1F. The first kappa shape index (κ1) is 22.9. The number of ether oxygens (including phenoxy) is 2. The van der Waals surface area contributed by atoms with Crippen molar-refractivity contribution in [3.8, 4) is 11.4 Å². The molecule has 0 radical (unpaired) electrons. The zero-order valence-corrected chi connectivity index (χ0v) is 17.7. The first-order valence-electron chi connectivity index (χ1n) is 10.0. The highest BCUT2D eigenvalue weighted by Crippen LogP contribution is 2.37. The first-order chi connectivity index (χ1) is 17.1. The van der Waals surface area contributed by atoms with E-state index in [9.17, 15) is 31.9 Å². The number of halogens is 4. The van der Waals surface area contributed by atoms with Crippen LogP contribution in [0.5, 0.6) is 5.75 Å². The maximum Gasteiger partial charge on any atom is 0.514 e. The number of H-pyrrole nitrogens is 2. The molecule has 0 amide bonds. The van der Waals surface area contributed by atoms with Crippen LogP contribution >= 0.6 is 0 Å². The summed E-state index contributed by atoms with van der Waals surface area (Å²) in [7, 11) is 0. The molecule has 2 N–H and O–H groups in total. The van der Waals surface area contributed by atoms with Crippen LogP contribution in [0.3, 0.4) is 0 Å². The molecule has 184 valence electrons. The van der Waals surface area contributed by atoms with Gasteiger partial charge >= 0.3 is 18.1 Å². The average molecular weight is 504 g/mol. The number of alkyl halides is 3. The molecule has 0 aliphatic carbocycles. The number of oxazole rings is 1. The minimum Gasteiger partial charge on any atom is -0.427 e. The Kier molecular flexibility index (Phi) is 5.35. The summed E-state index contributed by atoms with van der Waals surface area (Å²) in [5.74, 6) is -2.10. The summed E-state index contributed by atoms with van der Waals surface area (Å²) in [4.78, 5) is 44.0. The van der Waals surface area contributed by atoms with E-state index in [4.69, 9.17) is 13.9 Å². The Morgan fingerprint density at radius 1 is 1.14 bits per heavy atom. The second-order valence-electron chi connectivity index (χ2n) is 7.43. The van der Waals surface area contributed by atoms with E-state index in [0.717, 1.165) is 23.0 Å². The van der Waals surface area contributed by atoms with Gasteiger partial charge in [0.15, 0.2) is 22.7 Å². The van der Waals surface area contributed by atoms with Crippen molar-refractivity contribution >= 4 is 28.2 Å². The van der Waals surface area contributed by atoms with Crippen molar-refractivity contribution in [2.45, 2.75) is 12.8 Å². The monoisotopic (exact) mass is 504 g/mol. The number of para-hydroxylation sites is 1. The fourth-order valence-corrected chi connectivity index (χ4v) is 3.53. The number of carbonyl (C=O) groups is 1. The van der Waals surface area contributed by atoms with E-state index >= 15 is 0 Å². The molecule has 0 aliphatic rings. The number of benzene rings is 2. The van der Waals surface area contributed by atoms with Crippen LogP contribution in [-0.4, -0.2) is 25.7 Å². The second kappa shape index (κ2) is 8.41. The highest BCUT2D eigenvalue weighted by atomic mass is 19.4. The molecule has 0 spiro atoms. The van der Waals surface area contributed by atoms with E-state index in [1.54, 1.807) is 0 Å². The maximum atomic E-state index is 13.9. The number of fused-ring (bicyclic) bond motifs is 3. The highest BCUT2D eigenvalue weighted by Gasteiger charge is 2.35. The molecule has 0 aliphatic heterocycles. The Morgan fingerprint density at radius 2 is 1.92 bits per heavy atom. The third-order valence-corrected chi connectivity index (χ3v) is 5.09. The molecule has 0 unspecified atom stereocenters. The summed E-state index contributed by atoms with van der Waals surface area (Å²) in [6.45, 7) is -0.487. The topological polar surface area (TPSA) is 132 Å². The molecule has 0 saturated heterocycles. The number of aromatic nitrogens is 4. The molecule has 2 aromatic carbocycles. The smallest absolute Gasteiger partial charge is 0.427 e. The molecule has 36 heavy (non-hydrogen) atoms. The van der Waals surface area contributed by atoms with Gasteiger partial charge < -0.3 is 23.4 Å². The predicted molar refractivity (Wildman–Crippen MR) is 114 cm³/mol. The number of aromatic amines is 2. The molecule has 0 bridgehead atoms. The molecule has 10 nitrogen and oxygen atoms in total. The summed E-state index contributed by atoms with van der Waals surface area (Å²) < 4.78 is 70.7. The number of hydrogen-bond donors (Lipinski definition) is 2. The lowest BCUT2D eigenvalue weighted by Crippen LogP contribution is -2.13. The van der Waals surface area contributed by atoms with Gasteiger partial charge in [0.05, 0.1) is 28.8 Å². The van der Waals surface area contributed by atoms with E-state index in [2.05, 4.69) is 15.0 Å². The summed E-state index contributed by atoms with van der Waals surface area (Å²) in [5.41, 5.74) is -2.95. The molecule has 0 atom stereocenters. The van der Waals surface area contributed by atoms with Gasteiger partial charge in [-0.1, -0.05) is 12.1 Å². The first-order valence-corrected chi connectivity index (χ1v) is 10.0. The molecule has 3 aromatic heterocycles. The zero-order chi connectivity index (χ0) is 25.6. The van der Waals surface area contributed by atoms with Gasteiger partial charge in [0.2, 0.25) is 0 Å². The Hall–Kier alpha value is -4.88. The van der Waals surface area contributed by atoms with Gasteiger partial charge in [0, 0.05) is 11.6 Å². The average Bonchev–Trinajstić information content (AvgIpc) is 3.45. The Bertz CT molecular complexity index is 1750. The van der Waals surface area contributed by atoms with Crippen LogP contribution in [-0.2, 0) is 17.5 Å². The summed E-state index contributed by atoms with van der Waals surface area (Å²) in [6.07, 6.45) is -3.86. The van der Waals surface area contributed by atoms with Crippen LogP contribution < -0.4 is 16.1 Å². The van der Waals surface area contributed by atoms with Gasteiger partial charge in [0.25, 0.3) is 5.56 Å². The molecule has 5 aromatic rings. The van der Waals surface area contributed by atoms with Crippen molar-refractivity contribution in [3.05, 3.63) is 86.9 Å². The van der Waals surface area contributed by atoms with E-state index in [1.165, 1.54) is 24.4 Å². The predicted octanol–water partition coefficient (Wildman–Crippen LogP) is 4.02. The van der Waals surface area contributed by atoms with E-state index < -0.39 is 47.3 Å². The van der Waals surface area contributed by atoms with Crippen LogP contribution in [0.4, 0.5) is 22.4 Å². The molecule has 5 rings (SSSR count). The van der Waals surface area contributed by atoms with Gasteiger partial charge in [-0.05, 0) is 24.3 Å². The maximum absolute atomic E-state index is 13.9. The number of nitrogens with one attached hydrogen (secondary N) is 2. The van der Waals surface area contributed by atoms with Gasteiger partial charge in [-0.2, -0.15) is 13.2 Å². The minimum atomic E-state index is -4.83. The van der Waals surface area contributed by atoms with Gasteiger partial charge in [0.1, 0.15) is 6.61 Å². The van der Waals surface area contributed by atoms with Crippen molar-refractivity contribution in [2.24, 2.45) is 0 Å². The summed E-state index contributed by atoms with van der Waals surface area (Å²) >= 11 is 0. The van der Waals surface area contributed by atoms with Crippen LogP contribution in [0.25, 0.3) is 27.7 Å². The summed E-state index contributed by atoms with van der Waals surface area (Å²) in [6, 6.07) is 6.91. The van der Waals surface area contributed by atoms with Gasteiger partial charge in [-0.15, -0.1) is 0 Å². The number of hydrogen-bond acceptors (Lipinski definition) is 7. The Labute approximate surface area is 195 Å². The fourth-order valence-electron chi connectivity index (χ4n) is 3.53. The minimum absolute atomic E-state index is 0.0333. The largest absolute Gasteiger partial charge is 0.514 e. The number of nitrogens with zero attached hydrogens (tertiary/aromatic N) is 2. The summed E-state index contributed by atoms with van der Waals surface area (Å²) in [5, 5.41) is 0.0333. The van der Waals surface area contributed by atoms with Crippen LogP contribution in [0.1, 0.15) is 11.3 Å². The molecular formula is C22H12F4N4O6. The molecular weight excluding hydrogens is 492 g/mol. The fraction of sp³-hybridized carbons (Fsp3) is 0.0909. The normalized spacial score (nSPS) is 11.8. The molecule has 14 heteroatoms. The molecule has 0 fully saturated rings. The molecule has 0 saturated carbocycles. The van der Waals surface area contributed by atoms with Crippen LogP contribution in [0.2, 0.25) is 0 Å². The van der Waals surface area contributed by atoms with Gasteiger partial charge in [-0.3, -0.25) is 9.78 Å².